The molecule has 0 radical (unpaired) electrons. The number of amides is 2. The maximum absolute atomic E-state index is 12.7. The Morgan fingerprint density at radius 1 is 1.04 bits per heavy atom. The van der Waals surface area contributed by atoms with E-state index < -0.39 is 5.60 Å². The summed E-state index contributed by atoms with van der Waals surface area (Å²) in [4.78, 5) is 32.4. The zero-order chi connectivity index (χ0) is 19.6. The highest BCUT2D eigenvalue weighted by Crippen LogP contribution is 2.18. The van der Waals surface area contributed by atoms with Gasteiger partial charge in [0.2, 0.25) is 11.7 Å². The van der Waals surface area contributed by atoms with Gasteiger partial charge in [0.25, 0.3) is 5.91 Å². The van der Waals surface area contributed by atoms with Crippen LogP contribution in [0.2, 0.25) is 0 Å². The number of hydrogen-bond donors (Lipinski definition) is 0. The summed E-state index contributed by atoms with van der Waals surface area (Å²) in [5, 5.41) is 3.87. The van der Waals surface area contributed by atoms with E-state index in [0.29, 0.717) is 43.5 Å². The van der Waals surface area contributed by atoms with Gasteiger partial charge in [-0.1, -0.05) is 17.3 Å². The van der Waals surface area contributed by atoms with Gasteiger partial charge in [-0.25, -0.2) is 4.79 Å². The average molecular weight is 372 g/mol. The van der Waals surface area contributed by atoms with Crippen molar-refractivity contribution in [2.75, 3.05) is 26.2 Å². The zero-order valence-electron chi connectivity index (χ0n) is 16.1. The maximum Gasteiger partial charge on any atom is 0.410 e. The van der Waals surface area contributed by atoms with E-state index in [2.05, 4.69) is 10.1 Å². The fraction of sp³-hybridized carbons (Fsp3) is 0.474. The summed E-state index contributed by atoms with van der Waals surface area (Å²) in [5.74, 6) is 0.931. The number of nitrogens with zero attached hydrogens (tertiary/aromatic N) is 4. The van der Waals surface area contributed by atoms with Crippen LogP contribution in [0.1, 0.15) is 37.0 Å². The first-order valence-corrected chi connectivity index (χ1v) is 8.91. The number of carbonyl (C=O) groups is 2. The Hall–Kier alpha value is -2.90. The van der Waals surface area contributed by atoms with Crippen molar-refractivity contribution in [1.82, 2.24) is 19.9 Å². The summed E-state index contributed by atoms with van der Waals surface area (Å²) in [7, 11) is 0. The van der Waals surface area contributed by atoms with Crippen molar-refractivity contribution in [3.8, 4) is 11.4 Å². The summed E-state index contributed by atoms with van der Waals surface area (Å²) in [6.07, 6.45) is -0.339. The van der Waals surface area contributed by atoms with Gasteiger partial charge in [0.05, 0.1) is 0 Å². The second-order valence-electron chi connectivity index (χ2n) is 7.47. The molecular weight excluding hydrogens is 348 g/mol. The van der Waals surface area contributed by atoms with E-state index in [4.69, 9.17) is 9.26 Å². The van der Waals surface area contributed by atoms with Crippen molar-refractivity contribution in [3.63, 3.8) is 0 Å². The highest BCUT2D eigenvalue weighted by Gasteiger charge is 2.28. The van der Waals surface area contributed by atoms with Crippen LogP contribution in [0.3, 0.4) is 0 Å². The molecule has 0 spiro atoms. The Balaban J connectivity index is 1.58. The monoisotopic (exact) mass is 372 g/mol. The molecule has 0 saturated carbocycles. The second kappa shape index (κ2) is 7.38. The highest BCUT2D eigenvalue weighted by atomic mass is 16.6. The molecule has 8 nitrogen and oxygen atoms in total. The zero-order valence-corrected chi connectivity index (χ0v) is 16.1. The van der Waals surface area contributed by atoms with Crippen LogP contribution in [0.4, 0.5) is 4.79 Å². The van der Waals surface area contributed by atoms with Gasteiger partial charge in [0.15, 0.2) is 0 Å². The lowest BCUT2D eigenvalue weighted by Crippen LogP contribution is -2.51. The Kier molecular flexibility index (Phi) is 5.16. The topological polar surface area (TPSA) is 88.8 Å². The summed E-state index contributed by atoms with van der Waals surface area (Å²) in [6.45, 7) is 9.11. The standard InChI is InChI=1S/C19H24N4O4/c1-13-20-16(21-27-13)14-5-7-15(8-6-14)17(24)22-9-11-23(12-10-22)18(25)26-19(2,3)4/h5-8H,9-12H2,1-4H3. The second-order valence-corrected chi connectivity index (χ2v) is 7.47. The molecular formula is C19H24N4O4. The maximum atomic E-state index is 12.7. The van der Waals surface area contributed by atoms with Gasteiger partial charge in [-0.2, -0.15) is 4.98 Å². The minimum absolute atomic E-state index is 0.0605. The van der Waals surface area contributed by atoms with E-state index in [-0.39, 0.29) is 12.0 Å². The number of ether oxygens (including phenoxy) is 1. The van der Waals surface area contributed by atoms with Crippen LogP contribution in [-0.2, 0) is 4.74 Å². The fourth-order valence-corrected chi connectivity index (χ4v) is 2.78. The van der Waals surface area contributed by atoms with Gasteiger partial charge >= 0.3 is 6.09 Å². The lowest BCUT2D eigenvalue weighted by atomic mass is 10.1. The molecule has 1 fully saturated rings. The molecule has 2 amide bonds. The summed E-state index contributed by atoms with van der Waals surface area (Å²) in [5.41, 5.74) is 0.853. The van der Waals surface area contributed by atoms with Crippen LogP contribution < -0.4 is 0 Å². The predicted octanol–water partition coefficient (Wildman–Crippen LogP) is 2.74. The normalized spacial score (nSPS) is 15.0. The molecule has 0 aliphatic carbocycles. The molecule has 0 bridgehead atoms. The van der Waals surface area contributed by atoms with Crippen LogP contribution in [0.25, 0.3) is 11.4 Å². The molecule has 8 heteroatoms. The lowest BCUT2D eigenvalue weighted by molar-refractivity contribution is 0.0141. The molecule has 3 rings (SSSR count). The highest BCUT2D eigenvalue weighted by molar-refractivity contribution is 5.94. The van der Waals surface area contributed by atoms with Crippen LogP contribution >= 0.6 is 0 Å². The molecule has 2 aromatic rings. The van der Waals surface area contributed by atoms with Gasteiger partial charge in [-0.3, -0.25) is 4.79 Å². The first kappa shape index (κ1) is 18.9. The molecule has 0 atom stereocenters. The van der Waals surface area contributed by atoms with Gasteiger partial charge in [-0.15, -0.1) is 0 Å². The summed E-state index contributed by atoms with van der Waals surface area (Å²) >= 11 is 0. The Morgan fingerprint density at radius 3 is 2.15 bits per heavy atom. The fourth-order valence-electron chi connectivity index (χ4n) is 2.78. The molecule has 27 heavy (non-hydrogen) atoms. The number of aryl methyl sites for hydroxylation is 1. The predicted molar refractivity (Wildman–Crippen MR) is 98.2 cm³/mol. The van der Waals surface area contributed by atoms with E-state index in [1.807, 2.05) is 20.8 Å². The van der Waals surface area contributed by atoms with Crippen molar-refractivity contribution in [1.29, 1.82) is 0 Å². The number of benzene rings is 1. The van der Waals surface area contributed by atoms with Crippen LogP contribution in [0.5, 0.6) is 0 Å². The van der Waals surface area contributed by atoms with Crippen LogP contribution in [0.15, 0.2) is 28.8 Å². The molecule has 2 heterocycles. The Morgan fingerprint density at radius 2 is 1.63 bits per heavy atom. The quantitative estimate of drug-likeness (QED) is 0.805. The van der Waals surface area contributed by atoms with Gasteiger partial charge in [-0.05, 0) is 32.9 Å². The van der Waals surface area contributed by atoms with Gasteiger partial charge < -0.3 is 19.1 Å². The van der Waals surface area contributed by atoms with E-state index in [1.165, 1.54) is 0 Å². The minimum Gasteiger partial charge on any atom is -0.444 e. The van der Waals surface area contributed by atoms with Crippen molar-refractivity contribution in [3.05, 3.63) is 35.7 Å². The van der Waals surface area contributed by atoms with Gasteiger partial charge in [0, 0.05) is 44.2 Å². The summed E-state index contributed by atoms with van der Waals surface area (Å²) in [6, 6.07) is 7.11. The Labute approximate surface area is 158 Å². The minimum atomic E-state index is -0.525. The lowest BCUT2D eigenvalue weighted by Gasteiger charge is -2.35. The first-order valence-electron chi connectivity index (χ1n) is 8.91. The van der Waals surface area contributed by atoms with Crippen molar-refractivity contribution in [2.45, 2.75) is 33.3 Å². The first-order chi connectivity index (χ1) is 12.7. The van der Waals surface area contributed by atoms with Crippen molar-refractivity contribution in [2.24, 2.45) is 0 Å². The summed E-state index contributed by atoms with van der Waals surface area (Å²) < 4.78 is 10.4. The van der Waals surface area contributed by atoms with E-state index in [9.17, 15) is 9.59 Å². The SMILES string of the molecule is Cc1nc(-c2ccc(C(=O)N3CCN(C(=O)OC(C)(C)C)CC3)cc2)no1. The molecule has 0 unspecified atom stereocenters. The molecule has 1 aliphatic rings. The smallest absolute Gasteiger partial charge is 0.410 e. The number of piperazine rings is 1. The number of hydrogen-bond acceptors (Lipinski definition) is 6. The molecule has 1 saturated heterocycles. The Bertz CT molecular complexity index is 815. The number of rotatable bonds is 2. The number of carbonyl (C=O) groups excluding carboxylic acids is 2. The third-order valence-electron chi connectivity index (χ3n) is 4.14. The molecule has 1 aromatic heterocycles. The van der Waals surface area contributed by atoms with Crippen LogP contribution in [-0.4, -0.2) is 63.7 Å². The van der Waals surface area contributed by atoms with E-state index in [1.54, 1.807) is 41.0 Å². The van der Waals surface area contributed by atoms with Crippen molar-refractivity contribution >= 4 is 12.0 Å². The molecule has 0 N–H and O–H groups in total. The number of aromatic nitrogens is 2. The van der Waals surface area contributed by atoms with E-state index in [0.717, 1.165) is 5.56 Å². The van der Waals surface area contributed by atoms with E-state index >= 15 is 0 Å². The average Bonchev–Trinajstić information content (AvgIpc) is 3.06. The molecule has 1 aliphatic heterocycles. The third kappa shape index (κ3) is 4.64. The molecule has 1 aromatic carbocycles. The molecule has 144 valence electrons. The van der Waals surface area contributed by atoms with Crippen molar-refractivity contribution < 1.29 is 18.8 Å². The third-order valence-corrected chi connectivity index (χ3v) is 4.14. The largest absolute Gasteiger partial charge is 0.444 e. The van der Waals surface area contributed by atoms with Gasteiger partial charge in [0.1, 0.15) is 5.60 Å². The van der Waals surface area contributed by atoms with Crippen LogP contribution in [0, 0.1) is 6.92 Å².